The molecule has 0 bridgehead atoms. The third-order valence-corrected chi connectivity index (χ3v) is 7.55. The van der Waals surface area contributed by atoms with Gasteiger partial charge in [-0.3, -0.25) is 4.79 Å². The number of piperidine rings is 1. The van der Waals surface area contributed by atoms with Gasteiger partial charge < -0.3 is 20.4 Å². The molecular formula is C18H21Cl2N5O2S. The smallest absolute Gasteiger partial charge is 0.291 e. The fourth-order valence-corrected chi connectivity index (χ4v) is 5.13. The van der Waals surface area contributed by atoms with Crippen LogP contribution in [0.4, 0.5) is 5.82 Å². The first-order chi connectivity index (χ1) is 13.4. The molecule has 4 rings (SSSR count). The highest BCUT2D eigenvalue weighted by atomic mass is 35.5. The summed E-state index contributed by atoms with van der Waals surface area (Å²) in [5.74, 6) is 0.429. The molecule has 2 aliphatic heterocycles. The lowest BCUT2D eigenvalue weighted by atomic mass is 9.73. The number of aromatic amines is 1. The van der Waals surface area contributed by atoms with Gasteiger partial charge in [0.05, 0.1) is 29.0 Å². The van der Waals surface area contributed by atoms with Gasteiger partial charge in [-0.15, -0.1) is 0 Å². The average Bonchev–Trinajstić information content (AvgIpc) is 2.95. The van der Waals surface area contributed by atoms with Crippen LogP contribution in [-0.4, -0.2) is 46.8 Å². The van der Waals surface area contributed by atoms with Gasteiger partial charge in [0, 0.05) is 35.6 Å². The molecule has 2 fully saturated rings. The molecule has 7 nitrogen and oxygen atoms in total. The van der Waals surface area contributed by atoms with E-state index in [1.807, 2.05) is 11.8 Å². The number of aromatic nitrogens is 3. The zero-order valence-corrected chi connectivity index (χ0v) is 17.7. The normalized spacial score (nSPS) is 24.1. The summed E-state index contributed by atoms with van der Waals surface area (Å²) in [5, 5.41) is 1.17. The number of ether oxygens (including phenoxy) is 1. The highest BCUT2D eigenvalue weighted by Gasteiger charge is 2.47. The molecule has 2 aliphatic rings. The molecule has 2 aromatic heterocycles. The van der Waals surface area contributed by atoms with Gasteiger partial charge in [-0.05, 0) is 25.8 Å². The first-order valence-electron chi connectivity index (χ1n) is 9.09. The van der Waals surface area contributed by atoms with Crippen LogP contribution in [0.5, 0.6) is 0 Å². The lowest BCUT2D eigenvalue weighted by Crippen LogP contribution is -2.51. The number of anilines is 1. The van der Waals surface area contributed by atoms with E-state index in [9.17, 15) is 4.79 Å². The van der Waals surface area contributed by atoms with Crippen LogP contribution >= 0.6 is 35.0 Å². The molecule has 28 heavy (non-hydrogen) atoms. The third-order valence-electron chi connectivity index (χ3n) is 5.68. The molecular weight excluding hydrogens is 421 g/mol. The van der Waals surface area contributed by atoms with Gasteiger partial charge >= 0.3 is 0 Å². The van der Waals surface area contributed by atoms with Crippen molar-refractivity contribution in [3.8, 4) is 0 Å². The SMILES string of the molecule is C[C@@H]1OCC2(CCN(c3ncc(Sc4ccnc(Cl)c4Cl)[nH]c3=O)CC2)[C@@H]1N. The zero-order chi connectivity index (χ0) is 19.9. The topological polar surface area (TPSA) is 97.1 Å². The molecule has 0 unspecified atom stereocenters. The Bertz CT molecular complexity index is 932. The Balaban J connectivity index is 1.47. The molecule has 0 saturated carbocycles. The van der Waals surface area contributed by atoms with Gasteiger partial charge in [0.1, 0.15) is 5.15 Å². The molecule has 0 aliphatic carbocycles. The fraction of sp³-hybridized carbons (Fsp3) is 0.500. The highest BCUT2D eigenvalue weighted by molar-refractivity contribution is 7.99. The molecule has 10 heteroatoms. The zero-order valence-electron chi connectivity index (χ0n) is 15.3. The van der Waals surface area contributed by atoms with Crippen molar-refractivity contribution in [3.63, 3.8) is 0 Å². The van der Waals surface area contributed by atoms with Gasteiger partial charge in [-0.25, -0.2) is 9.97 Å². The summed E-state index contributed by atoms with van der Waals surface area (Å²) in [6.07, 6.45) is 5.07. The van der Waals surface area contributed by atoms with Gasteiger partial charge in [0.2, 0.25) is 0 Å². The van der Waals surface area contributed by atoms with E-state index in [2.05, 4.69) is 15.0 Å². The summed E-state index contributed by atoms with van der Waals surface area (Å²) < 4.78 is 5.76. The molecule has 1 spiro atoms. The monoisotopic (exact) mass is 441 g/mol. The van der Waals surface area contributed by atoms with E-state index in [1.54, 1.807) is 18.5 Å². The van der Waals surface area contributed by atoms with Gasteiger partial charge in [-0.2, -0.15) is 0 Å². The average molecular weight is 442 g/mol. The predicted molar refractivity (Wildman–Crippen MR) is 111 cm³/mol. The van der Waals surface area contributed by atoms with Gasteiger partial charge in [-0.1, -0.05) is 35.0 Å². The largest absolute Gasteiger partial charge is 0.376 e. The predicted octanol–water partition coefficient (Wildman–Crippen LogP) is 2.96. The number of nitrogens with two attached hydrogens (primary N) is 1. The lowest BCUT2D eigenvalue weighted by Gasteiger charge is -2.41. The molecule has 0 amide bonds. The van der Waals surface area contributed by atoms with E-state index in [0.29, 0.717) is 27.4 Å². The number of nitrogens with zero attached hydrogens (tertiary/aromatic N) is 3. The maximum atomic E-state index is 12.6. The van der Waals surface area contributed by atoms with Crippen molar-refractivity contribution in [1.29, 1.82) is 0 Å². The molecule has 2 aromatic rings. The summed E-state index contributed by atoms with van der Waals surface area (Å²) in [4.78, 5) is 26.5. The van der Waals surface area contributed by atoms with Crippen molar-refractivity contribution in [2.75, 3.05) is 24.6 Å². The minimum atomic E-state index is -0.224. The van der Waals surface area contributed by atoms with Crippen molar-refractivity contribution in [2.24, 2.45) is 11.1 Å². The first kappa shape index (κ1) is 20.0. The first-order valence-corrected chi connectivity index (χ1v) is 10.7. The molecule has 2 atom stereocenters. The Morgan fingerprint density at radius 3 is 2.75 bits per heavy atom. The number of H-pyrrole nitrogens is 1. The maximum absolute atomic E-state index is 12.6. The van der Waals surface area contributed by atoms with Crippen molar-refractivity contribution < 1.29 is 4.74 Å². The summed E-state index contributed by atoms with van der Waals surface area (Å²) in [7, 11) is 0. The van der Waals surface area contributed by atoms with Crippen LogP contribution in [-0.2, 0) is 4.74 Å². The lowest BCUT2D eigenvalue weighted by molar-refractivity contribution is 0.0974. The summed E-state index contributed by atoms with van der Waals surface area (Å²) >= 11 is 13.4. The highest BCUT2D eigenvalue weighted by Crippen LogP contribution is 2.41. The Kier molecular flexibility index (Phi) is 5.59. The third kappa shape index (κ3) is 3.64. The quantitative estimate of drug-likeness (QED) is 0.706. The molecule has 3 N–H and O–H groups in total. The Labute approximate surface area is 177 Å². The second-order valence-electron chi connectivity index (χ2n) is 7.31. The van der Waals surface area contributed by atoms with E-state index in [1.165, 1.54) is 11.8 Å². The van der Waals surface area contributed by atoms with Crippen molar-refractivity contribution in [2.45, 2.75) is 41.8 Å². The van der Waals surface area contributed by atoms with E-state index in [-0.39, 0.29) is 28.3 Å². The minimum absolute atomic E-state index is 0.00976. The molecule has 0 aromatic carbocycles. The van der Waals surface area contributed by atoms with Gasteiger partial charge in [0.15, 0.2) is 5.82 Å². The second kappa shape index (κ2) is 7.84. The number of nitrogens with one attached hydrogen (secondary N) is 1. The maximum Gasteiger partial charge on any atom is 0.291 e. The summed E-state index contributed by atoms with van der Waals surface area (Å²) in [5.41, 5.74) is 6.15. The number of hydrogen-bond acceptors (Lipinski definition) is 7. The second-order valence-corrected chi connectivity index (χ2v) is 9.13. The van der Waals surface area contributed by atoms with Crippen LogP contribution in [0.2, 0.25) is 10.2 Å². The van der Waals surface area contributed by atoms with Crippen LogP contribution in [0.15, 0.2) is 33.2 Å². The fourth-order valence-electron chi connectivity index (χ4n) is 3.89. The Morgan fingerprint density at radius 1 is 1.36 bits per heavy atom. The van der Waals surface area contributed by atoms with Gasteiger partial charge in [0.25, 0.3) is 5.56 Å². The summed E-state index contributed by atoms with van der Waals surface area (Å²) in [6.45, 7) is 4.19. The molecule has 0 radical (unpaired) electrons. The number of hydrogen-bond donors (Lipinski definition) is 2. The number of halogens is 2. The van der Waals surface area contributed by atoms with Crippen LogP contribution in [0.1, 0.15) is 19.8 Å². The molecule has 2 saturated heterocycles. The molecule has 4 heterocycles. The van der Waals surface area contributed by atoms with Crippen LogP contribution < -0.4 is 16.2 Å². The number of rotatable bonds is 3. The van der Waals surface area contributed by atoms with Crippen LogP contribution in [0.3, 0.4) is 0 Å². The van der Waals surface area contributed by atoms with E-state index in [4.69, 9.17) is 33.7 Å². The van der Waals surface area contributed by atoms with Crippen molar-refractivity contribution in [3.05, 3.63) is 39.0 Å². The minimum Gasteiger partial charge on any atom is -0.376 e. The van der Waals surface area contributed by atoms with Crippen LogP contribution in [0, 0.1) is 5.41 Å². The van der Waals surface area contributed by atoms with E-state index < -0.39 is 0 Å². The van der Waals surface area contributed by atoms with E-state index in [0.717, 1.165) is 25.9 Å². The van der Waals surface area contributed by atoms with Crippen molar-refractivity contribution >= 4 is 40.8 Å². The van der Waals surface area contributed by atoms with Crippen LogP contribution in [0.25, 0.3) is 0 Å². The summed E-state index contributed by atoms with van der Waals surface area (Å²) in [6, 6.07) is 1.78. The van der Waals surface area contributed by atoms with E-state index >= 15 is 0 Å². The Morgan fingerprint density at radius 2 is 2.11 bits per heavy atom. The number of pyridine rings is 1. The Hall–Kier alpha value is -1.32. The standard InChI is InChI=1S/C18H21Cl2N5O2S/c1-10-14(21)18(9-27-10)3-6-25(7-4-18)16-17(26)24-12(8-23-16)28-11-2-5-22-15(20)13(11)19/h2,5,8,10,14H,3-4,6-7,9,21H2,1H3,(H,24,26)/t10-,14+/m0/s1. The molecule has 150 valence electrons. The van der Waals surface area contributed by atoms with Crippen molar-refractivity contribution in [1.82, 2.24) is 15.0 Å².